The normalized spacial score (nSPS) is 13.1. The summed E-state index contributed by atoms with van der Waals surface area (Å²) in [6, 6.07) is 4.20. The summed E-state index contributed by atoms with van der Waals surface area (Å²) in [5, 5.41) is 6.85. The molecule has 29 heavy (non-hydrogen) atoms. The standard InChI is InChI=1S/C23H33BrN4O/c1-7-14(3)9-10-18(8-2)26-22-16(5)13-25-23(28-22)27-19-11-15(4)21(24)20(12-19)17(6)29/h11-14,18H,7-10H2,1-6H3,(H2,25,26,27,28). The van der Waals surface area contributed by atoms with Gasteiger partial charge in [0.1, 0.15) is 5.82 Å². The smallest absolute Gasteiger partial charge is 0.229 e. The van der Waals surface area contributed by atoms with Gasteiger partial charge in [0, 0.05) is 33.5 Å². The van der Waals surface area contributed by atoms with Crippen molar-refractivity contribution < 1.29 is 4.79 Å². The van der Waals surface area contributed by atoms with Crippen LogP contribution >= 0.6 is 15.9 Å². The highest BCUT2D eigenvalue weighted by Crippen LogP contribution is 2.28. The molecule has 158 valence electrons. The highest BCUT2D eigenvalue weighted by atomic mass is 79.9. The minimum absolute atomic E-state index is 0.0166. The van der Waals surface area contributed by atoms with E-state index in [-0.39, 0.29) is 5.78 Å². The molecule has 2 aromatic rings. The second-order valence-corrected chi connectivity index (χ2v) is 8.69. The van der Waals surface area contributed by atoms with Crippen molar-refractivity contribution in [1.29, 1.82) is 0 Å². The molecule has 0 amide bonds. The molecule has 6 heteroatoms. The molecular formula is C23H33BrN4O. The number of aryl methyl sites for hydroxylation is 2. The molecule has 1 aromatic carbocycles. The van der Waals surface area contributed by atoms with E-state index >= 15 is 0 Å². The van der Waals surface area contributed by atoms with Crippen LogP contribution in [0.2, 0.25) is 0 Å². The van der Waals surface area contributed by atoms with Crippen LogP contribution in [0.1, 0.15) is 74.9 Å². The van der Waals surface area contributed by atoms with Crippen molar-refractivity contribution in [3.63, 3.8) is 0 Å². The quantitative estimate of drug-likeness (QED) is 0.380. The fourth-order valence-electron chi connectivity index (χ4n) is 3.14. The number of Topliss-reactive ketones (excluding diaryl/α,β-unsaturated/α-hetero) is 1. The maximum atomic E-state index is 11.9. The lowest BCUT2D eigenvalue weighted by Crippen LogP contribution is -2.21. The number of hydrogen-bond acceptors (Lipinski definition) is 5. The predicted molar refractivity (Wildman–Crippen MR) is 125 cm³/mol. The van der Waals surface area contributed by atoms with Crippen LogP contribution in [0.25, 0.3) is 0 Å². The molecule has 0 radical (unpaired) electrons. The van der Waals surface area contributed by atoms with Crippen molar-refractivity contribution in [2.75, 3.05) is 10.6 Å². The summed E-state index contributed by atoms with van der Waals surface area (Å²) in [4.78, 5) is 21.0. The molecule has 2 rings (SSSR count). The molecule has 0 aliphatic rings. The van der Waals surface area contributed by atoms with Crippen LogP contribution in [0.5, 0.6) is 0 Å². The van der Waals surface area contributed by atoms with Gasteiger partial charge in [-0.3, -0.25) is 4.79 Å². The summed E-state index contributed by atoms with van der Waals surface area (Å²) in [6.07, 6.45) is 6.44. The Labute approximate surface area is 183 Å². The fraction of sp³-hybridized carbons (Fsp3) is 0.522. The monoisotopic (exact) mass is 460 g/mol. The van der Waals surface area contributed by atoms with Crippen LogP contribution in [-0.2, 0) is 0 Å². The van der Waals surface area contributed by atoms with E-state index in [0.29, 0.717) is 17.6 Å². The first kappa shape index (κ1) is 23.3. The highest BCUT2D eigenvalue weighted by Gasteiger charge is 2.14. The van der Waals surface area contributed by atoms with Crippen molar-refractivity contribution in [3.8, 4) is 0 Å². The van der Waals surface area contributed by atoms with Gasteiger partial charge in [-0.25, -0.2) is 4.98 Å². The van der Waals surface area contributed by atoms with E-state index < -0.39 is 0 Å². The van der Waals surface area contributed by atoms with E-state index in [1.54, 1.807) is 6.92 Å². The van der Waals surface area contributed by atoms with Gasteiger partial charge in [-0.15, -0.1) is 0 Å². The molecule has 0 spiro atoms. The van der Waals surface area contributed by atoms with Crippen LogP contribution in [0.3, 0.4) is 0 Å². The molecular weight excluding hydrogens is 428 g/mol. The van der Waals surface area contributed by atoms with Gasteiger partial charge in [0.05, 0.1) is 0 Å². The second kappa shape index (κ2) is 10.7. The molecule has 1 aromatic heterocycles. The number of carbonyl (C=O) groups excluding carboxylic acids is 1. The highest BCUT2D eigenvalue weighted by molar-refractivity contribution is 9.10. The minimum atomic E-state index is 0.0166. The summed E-state index contributed by atoms with van der Waals surface area (Å²) in [5.41, 5.74) is 3.46. The largest absolute Gasteiger partial charge is 0.367 e. The first-order valence-electron chi connectivity index (χ1n) is 10.4. The van der Waals surface area contributed by atoms with Gasteiger partial charge < -0.3 is 10.6 Å². The molecule has 0 saturated heterocycles. The van der Waals surface area contributed by atoms with Crippen LogP contribution in [0, 0.1) is 19.8 Å². The van der Waals surface area contributed by atoms with E-state index in [4.69, 9.17) is 4.98 Å². The summed E-state index contributed by atoms with van der Waals surface area (Å²) < 4.78 is 0.829. The van der Waals surface area contributed by atoms with Gasteiger partial charge in [-0.2, -0.15) is 4.98 Å². The zero-order chi connectivity index (χ0) is 21.6. The van der Waals surface area contributed by atoms with E-state index in [0.717, 1.165) is 45.9 Å². The lowest BCUT2D eigenvalue weighted by atomic mass is 9.98. The fourth-order valence-corrected chi connectivity index (χ4v) is 3.65. The summed E-state index contributed by atoms with van der Waals surface area (Å²) in [6.45, 7) is 12.3. The molecule has 0 fully saturated rings. The van der Waals surface area contributed by atoms with Crippen LogP contribution < -0.4 is 10.6 Å². The van der Waals surface area contributed by atoms with Crippen molar-refractivity contribution >= 4 is 39.2 Å². The Bertz CT molecular complexity index is 853. The number of rotatable bonds is 10. The Morgan fingerprint density at radius 3 is 2.48 bits per heavy atom. The lowest BCUT2D eigenvalue weighted by Gasteiger charge is -2.21. The van der Waals surface area contributed by atoms with Crippen LogP contribution in [0.4, 0.5) is 17.5 Å². The predicted octanol–water partition coefficient (Wildman–Crippen LogP) is 6.82. The second-order valence-electron chi connectivity index (χ2n) is 7.90. The Balaban J connectivity index is 2.19. The van der Waals surface area contributed by atoms with Gasteiger partial charge in [-0.1, -0.05) is 27.2 Å². The number of ketones is 1. The third-order valence-corrected chi connectivity index (χ3v) is 6.45. The molecule has 1 heterocycles. The molecule has 0 aliphatic carbocycles. The summed E-state index contributed by atoms with van der Waals surface area (Å²) in [5.74, 6) is 2.14. The zero-order valence-electron chi connectivity index (χ0n) is 18.4. The van der Waals surface area contributed by atoms with Crippen molar-refractivity contribution in [1.82, 2.24) is 9.97 Å². The molecule has 0 bridgehead atoms. The van der Waals surface area contributed by atoms with Gasteiger partial charge in [0.25, 0.3) is 0 Å². The Morgan fingerprint density at radius 1 is 1.14 bits per heavy atom. The Hall–Kier alpha value is -1.95. The van der Waals surface area contributed by atoms with Gasteiger partial charge >= 0.3 is 0 Å². The van der Waals surface area contributed by atoms with Crippen LogP contribution in [-0.4, -0.2) is 21.8 Å². The molecule has 2 unspecified atom stereocenters. The summed E-state index contributed by atoms with van der Waals surface area (Å²) in [7, 11) is 0. The van der Waals surface area contributed by atoms with E-state index in [2.05, 4.69) is 52.3 Å². The topological polar surface area (TPSA) is 66.9 Å². The maximum Gasteiger partial charge on any atom is 0.229 e. The van der Waals surface area contributed by atoms with E-state index in [9.17, 15) is 4.79 Å². The van der Waals surface area contributed by atoms with Crippen molar-refractivity contribution in [2.24, 2.45) is 5.92 Å². The molecule has 2 N–H and O–H groups in total. The Kier molecular flexibility index (Phi) is 8.62. The number of nitrogens with zero attached hydrogens (tertiary/aromatic N) is 2. The third kappa shape index (κ3) is 6.53. The number of aromatic nitrogens is 2. The number of hydrogen-bond donors (Lipinski definition) is 2. The van der Waals surface area contributed by atoms with E-state index in [1.807, 2.05) is 32.2 Å². The lowest BCUT2D eigenvalue weighted by molar-refractivity contribution is 0.101. The molecule has 5 nitrogen and oxygen atoms in total. The van der Waals surface area contributed by atoms with Crippen LogP contribution in [0.15, 0.2) is 22.8 Å². The Morgan fingerprint density at radius 2 is 1.86 bits per heavy atom. The van der Waals surface area contributed by atoms with Crippen molar-refractivity contribution in [3.05, 3.63) is 39.5 Å². The first-order chi connectivity index (χ1) is 13.7. The minimum Gasteiger partial charge on any atom is -0.367 e. The first-order valence-corrected chi connectivity index (χ1v) is 11.2. The third-order valence-electron chi connectivity index (χ3n) is 5.40. The number of nitrogens with one attached hydrogen (secondary N) is 2. The zero-order valence-corrected chi connectivity index (χ0v) is 20.0. The number of carbonyl (C=O) groups is 1. The van der Waals surface area contributed by atoms with Gasteiger partial charge in [0.2, 0.25) is 5.95 Å². The number of halogens is 1. The molecule has 2 atom stereocenters. The average molecular weight is 461 g/mol. The SMILES string of the molecule is CCC(C)CCC(CC)Nc1nc(Nc2cc(C)c(Br)c(C(C)=O)c2)ncc1C. The van der Waals surface area contributed by atoms with Gasteiger partial charge in [0.15, 0.2) is 5.78 Å². The van der Waals surface area contributed by atoms with Gasteiger partial charge in [-0.05, 0) is 79.6 Å². The average Bonchev–Trinajstić information content (AvgIpc) is 2.69. The van der Waals surface area contributed by atoms with Crippen molar-refractivity contribution in [2.45, 2.75) is 73.3 Å². The molecule has 0 saturated carbocycles. The number of benzene rings is 1. The van der Waals surface area contributed by atoms with E-state index in [1.165, 1.54) is 12.8 Å². The summed E-state index contributed by atoms with van der Waals surface area (Å²) >= 11 is 3.50. The molecule has 0 aliphatic heterocycles. The number of anilines is 3. The maximum absolute atomic E-state index is 11.9.